The number of benzene rings is 1. The molecule has 0 fully saturated rings. The molecule has 1 aromatic heterocycles. The van der Waals surface area contributed by atoms with E-state index < -0.39 is 0 Å². The Kier molecular flexibility index (Phi) is 4.16. The number of aryl methyl sites for hydroxylation is 1. The number of pyridine rings is 1. The highest BCUT2D eigenvalue weighted by atomic mass is 79.9. The van der Waals surface area contributed by atoms with Crippen LogP contribution in [0.1, 0.15) is 15.9 Å². The molecule has 98 valence electrons. The maximum Gasteiger partial charge on any atom is 0.257 e. The van der Waals surface area contributed by atoms with E-state index in [0.29, 0.717) is 11.4 Å². The molecule has 0 bridgehead atoms. The van der Waals surface area contributed by atoms with Crippen molar-refractivity contribution in [2.45, 2.75) is 6.92 Å². The summed E-state index contributed by atoms with van der Waals surface area (Å²) in [7, 11) is 1.53. The fourth-order valence-corrected chi connectivity index (χ4v) is 2.25. The number of nitrogens with zero attached hydrogens (tertiary/aromatic N) is 1. The summed E-state index contributed by atoms with van der Waals surface area (Å²) in [4.78, 5) is 16.0. The molecule has 0 aliphatic carbocycles. The van der Waals surface area contributed by atoms with E-state index in [0.717, 1.165) is 15.7 Å². The van der Waals surface area contributed by atoms with E-state index in [1.807, 2.05) is 25.1 Å². The van der Waals surface area contributed by atoms with Gasteiger partial charge in [0.15, 0.2) is 0 Å². The minimum atomic E-state index is -0.201. The number of hydrogen-bond acceptors (Lipinski definition) is 3. The van der Waals surface area contributed by atoms with Crippen molar-refractivity contribution in [2.75, 3.05) is 12.4 Å². The van der Waals surface area contributed by atoms with Crippen LogP contribution in [0.5, 0.6) is 5.88 Å². The van der Waals surface area contributed by atoms with Gasteiger partial charge in [-0.15, -0.1) is 0 Å². The fourth-order valence-electron chi connectivity index (χ4n) is 1.65. The van der Waals surface area contributed by atoms with Crippen molar-refractivity contribution in [1.29, 1.82) is 0 Å². The molecular weight excluding hydrogens is 308 g/mol. The third-order valence-electron chi connectivity index (χ3n) is 2.51. The lowest BCUT2D eigenvalue weighted by atomic mass is 10.2. The second-order valence-corrected chi connectivity index (χ2v) is 4.98. The predicted molar refractivity (Wildman–Crippen MR) is 77.6 cm³/mol. The van der Waals surface area contributed by atoms with Crippen molar-refractivity contribution in [2.24, 2.45) is 0 Å². The molecule has 1 aromatic carbocycles. The van der Waals surface area contributed by atoms with Gasteiger partial charge >= 0.3 is 0 Å². The number of methoxy groups -OCH3 is 1. The summed E-state index contributed by atoms with van der Waals surface area (Å²) in [5.74, 6) is 0.280. The first-order valence-electron chi connectivity index (χ1n) is 5.67. The van der Waals surface area contributed by atoms with Crippen molar-refractivity contribution in [3.05, 3.63) is 52.1 Å². The zero-order valence-electron chi connectivity index (χ0n) is 10.6. The number of amides is 1. The average molecular weight is 321 g/mol. The maximum atomic E-state index is 12.0. The normalized spacial score (nSPS) is 10.1. The van der Waals surface area contributed by atoms with Gasteiger partial charge in [0, 0.05) is 22.4 Å². The van der Waals surface area contributed by atoms with E-state index in [-0.39, 0.29) is 5.91 Å². The molecule has 2 aromatic rings. The van der Waals surface area contributed by atoms with Gasteiger partial charge < -0.3 is 10.1 Å². The van der Waals surface area contributed by atoms with Crippen LogP contribution in [0, 0.1) is 6.92 Å². The molecule has 0 aliphatic rings. The monoisotopic (exact) mass is 320 g/mol. The zero-order chi connectivity index (χ0) is 13.8. The van der Waals surface area contributed by atoms with Crippen LogP contribution in [0.15, 0.2) is 41.0 Å². The number of anilines is 1. The summed E-state index contributed by atoms with van der Waals surface area (Å²) in [6, 6.07) is 9.05. The van der Waals surface area contributed by atoms with Gasteiger partial charge in [-0.25, -0.2) is 4.98 Å². The van der Waals surface area contributed by atoms with Crippen LogP contribution in [0.4, 0.5) is 5.69 Å². The van der Waals surface area contributed by atoms with E-state index in [1.54, 1.807) is 12.1 Å². The van der Waals surface area contributed by atoms with Crippen molar-refractivity contribution in [3.8, 4) is 5.88 Å². The highest BCUT2D eigenvalue weighted by Gasteiger charge is 2.07. The van der Waals surface area contributed by atoms with Crippen LogP contribution in [0.3, 0.4) is 0 Å². The van der Waals surface area contributed by atoms with Crippen LogP contribution in [0.2, 0.25) is 0 Å². The van der Waals surface area contributed by atoms with Crippen molar-refractivity contribution < 1.29 is 9.53 Å². The molecule has 5 heteroatoms. The van der Waals surface area contributed by atoms with Crippen LogP contribution in [-0.2, 0) is 0 Å². The quantitative estimate of drug-likeness (QED) is 0.942. The second-order valence-electron chi connectivity index (χ2n) is 4.06. The summed E-state index contributed by atoms with van der Waals surface area (Å²) in [5, 5.41) is 2.83. The molecular formula is C14H13BrN2O2. The van der Waals surface area contributed by atoms with E-state index in [2.05, 4.69) is 26.2 Å². The van der Waals surface area contributed by atoms with Gasteiger partial charge in [0.1, 0.15) is 0 Å². The summed E-state index contributed by atoms with van der Waals surface area (Å²) in [5.41, 5.74) is 2.30. The molecule has 0 atom stereocenters. The number of nitrogens with one attached hydrogen (secondary N) is 1. The number of ether oxygens (including phenoxy) is 1. The Morgan fingerprint density at radius 3 is 2.68 bits per heavy atom. The predicted octanol–water partition coefficient (Wildman–Crippen LogP) is 3.41. The molecule has 1 heterocycles. The van der Waals surface area contributed by atoms with Crippen molar-refractivity contribution >= 4 is 27.5 Å². The maximum absolute atomic E-state index is 12.0. The highest BCUT2D eigenvalue weighted by molar-refractivity contribution is 9.10. The minimum absolute atomic E-state index is 0.201. The molecule has 0 saturated carbocycles. The number of carbonyl (C=O) groups excluding carboxylic acids is 1. The van der Waals surface area contributed by atoms with E-state index in [9.17, 15) is 4.79 Å². The molecule has 0 spiro atoms. The Bertz CT molecular complexity index is 577. The minimum Gasteiger partial charge on any atom is -0.481 e. The van der Waals surface area contributed by atoms with Crippen molar-refractivity contribution in [1.82, 2.24) is 4.98 Å². The summed E-state index contributed by atoms with van der Waals surface area (Å²) in [6.07, 6.45) is 1.49. The fraction of sp³-hybridized carbons (Fsp3) is 0.143. The Labute approximate surface area is 119 Å². The number of hydrogen-bond donors (Lipinski definition) is 1. The van der Waals surface area contributed by atoms with Crippen molar-refractivity contribution in [3.63, 3.8) is 0 Å². The van der Waals surface area contributed by atoms with Crippen LogP contribution in [-0.4, -0.2) is 18.0 Å². The SMILES string of the molecule is COc1ccc(C(=O)Nc2cc(C)cc(Br)c2)cn1. The number of aromatic nitrogens is 1. The first-order chi connectivity index (χ1) is 9.08. The van der Waals surface area contributed by atoms with Crippen LogP contribution >= 0.6 is 15.9 Å². The van der Waals surface area contributed by atoms with Gasteiger partial charge in [-0.05, 0) is 36.8 Å². The average Bonchev–Trinajstić information content (AvgIpc) is 2.37. The van der Waals surface area contributed by atoms with Gasteiger partial charge in [-0.1, -0.05) is 15.9 Å². The number of rotatable bonds is 3. The first-order valence-corrected chi connectivity index (χ1v) is 6.46. The molecule has 1 N–H and O–H groups in total. The summed E-state index contributed by atoms with van der Waals surface area (Å²) < 4.78 is 5.88. The Morgan fingerprint density at radius 1 is 1.32 bits per heavy atom. The van der Waals surface area contributed by atoms with E-state index in [4.69, 9.17) is 4.74 Å². The summed E-state index contributed by atoms with van der Waals surface area (Å²) >= 11 is 3.40. The Morgan fingerprint density at radius 2 is 2.11 bits per heavy atom. The van der Waals surface area contributed by atoms with Gasteiger partial charge in [0.05, 0.1) is 12.7 Å². The first kappa shape index (κ1) is 13.5. The standard InChI is InChI=1S/C14H13BrN2O2/c1-9-5-11(15)7-12(6-9)17-14(18)10-3-4-13(19-2)16-8-10/h3-8H,1-2H3,(H,17,18). The smallest absolute Gasteiger partial charge is 0.257 e. The molecule has 2 rings (SSSR count). The Balaban J connectivity index is 2.15. The third-order valence-corrected chi connectivity index (χ3v) is 2.97. The lowest BCUT2D eigenvalue weighted by molar-refractivity contribution is 0.102. The molecule has 0 saturated heterocycles. The summed E-state index contributed by atoms with van der Waals surface area (Å²) in [6.45, 7) is 1.97. The zero-order valence-corrected chi connectivity index (χ0v) is 12.2. The number of halogens is 1. The Hall–Kier alpha value is -1.88. The lowest BCUT2D eigenvalue weighted by Gasteiger charge is -2.07. The lowest BCUT2D eigenvalue weighted by Crippen LogP contribution is -2.12. The van der Waals surface area contributed by atoms with E-state index in [1.165, 1.54) is 13.3 Å². The molecule has 0 unspecified atom stereocenters. The van der Waals surface area contributed by atoms with Gasteiger partial charge in [-0.2, -0.15) is 0 Å². The van der Waals surface area contributed by atoms with E-state index >= 15 is 0 Å². The molecule has 1 amide bonds. The molecule has 19 heavy (non-hydrogen) atoms. The van der Waals surface area contributed by atoms with Crippen LogP contribution in [0.25, 0.3) is 0 Å². The second kappa shape index (κ2) is 5.84. The van der Waals surface area contributed by atoms with Gasteiger partial charge in [0.25, 0.3) is 5.91 Å². The van der Waals surface area contributed by atoms with Crippen LogP contribution < -0.4 is 10.1 Å². The molecule has 4 nitrogen and oxygen atoms in total. The third kappa shape index (κ3) is 3.54. The highest BCUT2D eigenvalue weighted by Crippen LogP contribution is 2.19. The molecule has 0 aliphatic heterocycles. The largest absolute Gasteiger partial charge is 0.481 e. The van der Waals surface area contributed by atoms with Gasteiger partial charge in [0.2, 0.25) is 5.88 Å². The van der Waals surface area contributed by atoms with Gasteiger partial charge in [-0.3, -0.25) is 4.79 Å². The number of carbonyl (C=O) groups is 1. The molecule has 0 radical (unpaired) electrons. The topological polar surface area (TPSA) is 51.2 Å².